The smallest absolute Gasteiger partial charge is 0.119 e. The van der Waals surface area contributed by atoms with Crippen molar-refractivity contribution in [1.29, 1.82) is 0 Å². The van der Waals surface area contributed by atoms with E-state index in [0.717, 1.165) is 38.3 Å². The zero-order chi connectivity index (χ0) is 16.6. The van der Waals surface area contributed by atoms with Gasteiger partial charge in [-0.2, -0.15) is 0 Å². The second kappa shape index (κ2) is 8.71. The first-order chi connectivity index (χ1) is 11.8. The summed E-state index contributed by atoms with van der Waals surface area (Å²) in [6.07, 6.45) is 0.648. The van der Waals surface area contributed by atoms with Crippen molar-refractivity contribution in [3.63, 3.8) is 0 Å². The SMILES string of the molecule is OC(COc1ccccc1)CN1CCCN(c2ccccc2)CC1. The second-order valence-electron chi connectivity index (χ2n) is 6.25. The van der Waals surface area contributed by atoms with Crippen molar-refractivity contribution in [1.82, 2.24) is 4.90 Å². The van der Waals surface area contributed by atoms with Crippen LogP contribution in [0.2, 0.25) is 0 Å². The lowest BCUT2D eigenvalue weighted by atomic mass is 10.3. The van der Waals surface area contributed by atoms with Gasteiger partial charge in [0.25, 0.3) is 0 Å². The molecule has 24 heavy (non-hydrogen) atoms. The number of benzene rings is 2. The Morgan fingerprint density at radius 3 is 2.33 bits per heavy atom. The van der Waals surface area contributed by atoms with E-state index in [4.69, 9.17) is 4.74 Å². The number of hydrogen-bond donors (Lipinski definition) is 1. The molecule has 0 bridgehead atoms. The molecule has 1 saturated heterocycles. The second-order valence-corrected chi connectivity index (χ2v) is 6.25. The van der Waals surface area contributed by atoms with E-state index < -0.39 is 6.10 Å². The molecule has 0 aromatic heterocycles. The summed E-state index contributed by atoms with van der Waals surface area (Å²) < 4.78 is 5.64. The van der Waals surface area contributed by atoms with Crippen molar-refractivity contribution in [3.8, 4) is 5.75 Å². The van der Waals surface area contributed by atoms with Gasteiger partial charge in [-0.15, -0.1) is 0 Å². The predicted octanol–water partition coefficient (Wildman–Crippen LogP) is 2.64. The molecule has 0 saturated carbocycles. The maximum atomic E-state index is 10.3. The summed E-state index contributed by atoms with van der Waals surface area (Å²) in [7, 11) is 0. The molecule has 1 N–H and O–H groups in total. The summed E-state index contributed by atoms with van der Waals surface area (Å²) in [6.45, 7) is 5.05. The Bertz CT molecular complexity index is 591. The van der Waals surface area contributed by atoms with Crippen molar-refractivity contribution in [2.24, 2.45) is 0 Å². The molecule has 128 valence electrons. The molecule has 1 aliphatic heterocycles. The Labute approximate surface area is 144 Å². The predicted molar refractivity (Wildman–Crippen MR) is 97.7 cm³/mol. The van der Waals surface area contributed by atoms with Crippen LogP contribution in [0, 0.1) is 0 Å². The highest BCUT2D eigenvalue weighted by Crippen LogP contribution is 2.16. The lowest BCUT2D eigenvalue weighted by molar-refractivity contribution is 0.0705. The fourth-order valence-electron chi connectivity index (χ4n) is 3.11. The van der Waals surface area contributed by atoms with Crippen LogP contribution in [0.5, 0.6) is 5.75 Å². The normalized spacial score (nSPS) is 17.3. The number of aliphatic hydroxyl groups excluding tert-OH is 1. The van der Waals surface area contributed by atoms with E-state index in [9.17, 15) is 5.11 Å². The molecule has 0 amide bonds. The molecule has 0 aliphatic carbocycles. The minimum absolute atomic E-state index is 0.336. The lowest BCUT2D eigenvalue weighted by Gasteiger charge is -2.25. The van der Waals surface area contributed by atoms with Gasteiger partial charge in [-0.25, -0.2) is 0 Å². The molecule has 4 nitrogen and oxygen atoms in total. The fourth-order valence-corrected chi connectivity index (χ4v) is 3.11. The van der Waals surface area contributed by atoms with Gasteiger partial charge < -0.3 is 14.7 Å². The molecule has 4 heteroatoms. The topological polar surface area (TPSA) is 35.9 Å². The van der Waals surface area contributed by atoms with Crippen LogP contribution < -0.4 is 9.64 Å². The quantitative estimate of drug-likeness (QED) is 0.885. The summed E-state index contributed by atoms with van der Waals surface area (Å²) in [4.78, 5) is 4.76. The highest BCUT2D eigenvalue weighted by atomic mass is 16.5. The Hall–Kier alpha value is -2.04. The summed E-state index contributed by atoms with van der Waals surface area (Å²) in [5.41, 5.74) is 1.28. The van der Waals surface area contributed by atoms with Crippen molar-refractivity contribution in [2.45, 2.75) is 12.5 Å². The number of β-amino-alcohol motifs (C(OH)–C–C–N with tert-alkyl or cyclic N) is 1. The van der Waals surface area contributed by atoms with Gasteiger partial charge in [0.15, 0.2) is 0 Å². The number of nitrogens with zero attached hydrogens (tertiary/aromatic N) is 2. The van der Waals surface area contributed by atoms with Crippen molar-refractivity contribution in [2.75, 3.05) is 44.2 Å². The third-order valence-electron chi connectivity index (χ3n) is 4.36. The summed E-state index contributed by atoms with van der Waals surface area (Å²) in [5, 5.41) is 10.3. The molecule has 1 aliphatic rings. The molecule has 2 aromatic carbocycles. The first kappa shape index (κ1) is 16.8. The van der Waals surface area contributed by atoms with Gasteiger partial charge in [0, 0.05) is 31.9 Å². The highest BCUT2D eigenvalue weighted by molar-refractivity contribution is 5.46. The van der Waals surface area contributed by atoms with E-state index in [0.29, 0.717) is 13.2 Å². The molecular weight excluding hydrogens is 300 g/mol. The maximum Gasteiger partial charge on any atom is 0.119 e. The van der Waals surface area contributed by atoms with Crippen molar-refractivity contribution < 1.29 is 9.84 Å². The van der Waals surface area contributed by atoms with E-state index in [2.05, 4.69) is 40.1 Å². The van der Waals surface area contributed by atoms with Gasteiger partial charge in [-0.3, -0.25) is 4.90 Å². The first-order valence-electron chi connectivity index (χ1n) is 8.69. The average molecular weight is 326 g/mol. The van der Waals surface area contributed by atoms with Gasteiger partial charge in [0.1, 0.15) is 18.5 Å². The van der Waals surface area contributed by atoms with Crippen LogP contribution in [0.1, 0.15) is 6.42 Å². The van der Waals surface area contributed by atoms with E-state index in [1.165, 1.54) is 5.69 Å². The Kier molecular flexibility index (Phi) is 6.10. The Morgan fingerprint density at radius 2 is 1.58 bits per heavy atom. The average Bonchev–Trinajstić information content (AvgIpc) is 2.87. The van der Waals surface area contributed by atoms with Gasteiger partial charge in [0.2, 0.25) is 0 Å². The standard InChI is InChI=1S/C20H26N2O2/c23-19(17-24-20-10-5-2-6-11-20)16-21-12-7-13-22(15-14-21)18-8-3-1-4-9-18/h1-6,8-11,19,23H,7,12-17H2. The zero-order valence-electron chi connectivity index (χ0n) is 14.1. The van der Waals surface area contributed by atoms with Gasteiger partial charge in [-0.05, 0) is 37.2 Å². The van der Waals surface area contributed by atoms with E-state index >= 15 is 0 Å². The van der Waals surface area contributed by atoms with E-state index in [-0.39, 0.29) is 0 Å². The van der Waals surface area contributed by atoms with Crippen LogP contribution in [0.3, 0.4) is 0 Å². The van der Waals surface area contributed by atoms with Crippen molar-refractivity contribution >= 4 is 5.69 Å². The van der Waals surface area contributed by atoms with Crippen LogP contribution in [-0.2, 0) is 0 Å². The molecule has 2 aromatic rings. The number of ether oxygens (including phenoxy) is 1. The van der Waals surface area contributed by atoms with Crippen molar-refractivity contribution in [3.05, 3.63) is 60.7 Å². The van der Waals surface area contributed by atoms with Crippen LogP contribution in [0.4, 0.5) is 5.69 Å². The minimum atomic E-state index is -0.464. The fraction of sp³-hybridized carbons (Fsp3) is 0.400. The molecule has 0 radical (unpaired) electrons. The number of para-hydroxylation sites is 2. The minimum Gasteiger partial charge on any atom is -0.491 e. The van der Waals surface area contributed by atoms with Crippen LogP contribution in [0.25, 0.3) is 0 Å². The van der Waals surface area contributed by atoms with Crippen LogP contribution in [0.15, 0.2) is 60.7 Å². The third-order valence-corrected chi connectivity index (χ3v) is 4.36. The van der Waals surface area contributed by atoms with E-state index in [1.54, 1.807) is 0 Å². The number of anilines is 1. The number of rotatable bonds is 6. The third kappa shape index (κ3) is 4.98. The van der Waals surface area contributed by atoms with Crippen LogP contribution >= 0.6 is 0 Å². The lowest BCUT2D eigenvalue weighted by Crippen LogP contribution is -2.38. The van der Waals surface area contributed by atoms with Gasteiger partial charge in [-0.1, -0.05) is 36.4 Å². The van der Waals surface area contributed by atoms with Crippen LogP contribution in [-0.4, -0.2) is 55.4 Å². The number of aliphatic hydroxyl groups is 1. The summed E-state index contributed by atoms with van der Waals surface area (Å²) >= 11 is 0. The largest absolute Gasteiger partial charge is 0.491 e. The summed E-state index contributed by atoms with van der Waals surface area (Å²) in [6, 6.07) is 20.2. The zero-order valence-corrected chi connectivity index (χ0v) is 14.1. The highest BCUT2D eigenvalue weighted by Gasteiger charge is 2.18. The Balaban J connectivity index is 1.44. The molecule has 1 fully saturated rings. The van der Waals surface area contributed by atoms with E-state index in [1.807, 2.05) is 30.3 Å². The number of hydrogen-bond acceptors (Lipinski definition) is 4. The monoisotopic (exact) mass is 326 g/mol. The summed E-state index contributed by atoms with van der Waals surface area (Å²) in [5.74, 6) is 0.808. The molecule has 1 unspecified atom stereocenters. The Morgan fingerprint density at radius 1 is 0.875 bits per heavy atom. The van der Waals surface area contributed by atoms with Gasteiger partial charge in [0.05, 0.1) is 0 Å². The molecule has 1 heterocycles. The maximum absolute atomic E-state index is 10.3. The van der Waals surface area contributed by atoms with Gasteiger partial charge >= 0.3 is 0 Å². The molecule has 3 rings (SSSR count). The first-order valence-corrected chi connectivity index (χ1v) is 8.69. The molecule has 0 spiro atoms. The molecular formula is C20H26N2O2. The molecule has 1 atom stereocenters.